The van der Waals surface area contributed by atoms with E-state index in [-0.39, 0.29) is 11.9 Å². The van der Waals surface area contributed by atoms with Gasteiger partial charge < -0.3 is 30.2 Å². The van der Waals surface area contributed by atoms with Gasteiger partial charge in [-0.25, -0.2) is 9.78 Å². The molecule has 2 saturated heterocycles. The summed E-state index contributed by atoms with van der Waals surface area (Å²) in [6.45, 7) is 4.87. The third kappa shape index (κ3) is 4.69. The van der Waals surface area contributed by atoms with Gasteiger partial charge in [-0.3, -0.25) is 9.78 Å². The number of anilines is 1. The molecule has 3 aromatic heterocycles. The number of aromatic amines is 1. The van der Waals surface area contributed by atoms with E-state index < -0.39 is 5.91 Å². The van der Waals surface area contributed by atoms with Crippen molar-refractivity contribution in [2.75, 3.05) is 50.8 Å². The van der Waals surface area contributed by atoms with Gasteiger partial charge in [0.2, 0.25) is 5.91 Å². The number of piperazine rings is 1. The summed E-state index contributed by atoms with van der Waals surface area (Å²) in [6, 6.07) is 11.1. The van der Waals surface area contributed by atoms with Gasteiger partial charge in [0.25, 0.3) is 0 Å². The minimum absolute atomic E-state index is 0.108. The van der Waals surface area contributed by atoms with Crippen LogP contribution in [0, 0.1) is 5.92 Å². The molecule has 0 saturated carbocycles. The van der Waals surface area contributed by atoms with Crippen molar-refractivity contribution in [2.45, 2.75) is 12.8 Å². The van der Waals surface area contributed by atoms with Crippen LogP contribution in [0.25, 0.3) is 21.9 Å². The minimum Gasteiger partial charge on any atom is -0.493 e. The first-order valence-corrected chi connectivity index (χ1v) is 13.1. The summed E-state index contributed by atoms with van der Waals surface area (Å²) in [6.07, 6.45) is 7.53. The lowest BCUT2D eigenvalue weighted by Crippen LogP contribution is -2.54. The fraction of sp³-hybridized carbons (Fsp3) is 0.357. The van der Waals surface area contributed by atoms with Crippen LogP contribution in [0.5, 0.6) is 5.75 Å². The average Bonchev–Trinajstić information content (AvgIpc) is 3.45. The highest BCUT2D eigenvalue weighted by Gasteiger charge is 2.30. The second-order valence-corrected chi connectivity index (χ2v) is 10.00. The van der Waals surface area contributed by atoms with E-state index in [0.717, 1.165) is 60.1 Å². The monoisotopic (exact) mass is 513 g/mol. The summed E-state index contributed by atoms with van der Waals surface area (Å²) < 4.78 is 5.95. The number of aromatic nitrogens is 3. The molecule has 0 spiro atoms. The number of hydrogen-bond donors (Lipinski definition) is 2. The number of nitrogens with one attached hydrogen (secondary N) is 1. The number of pyridine rings is 2. The molecule has 1 unspecified atom stereocenters. The predicted molar refractivity (Wildman–Crippen MR) is 145 cm³/mol. The van der Waals surface area contributed by atoms with Crippen molar-refractivity contribution in [3.8, 4) is 5.75 Å². The highest BCUT2D eigenvalue weighted by Crippen LogP contribution is 2.32. The summed E-state index contributed by atoms with van der Waals surface area (Å²) in [7, 11) is 0. The van der Waals surface area contributed by atoms with Gasteiger partial charge in [0.15, 0.2) is 0 Å². The number of carbonyl (C=O) groups excluding carboxylic acids is 2. The Morgan fingerprint density at radius 2 is 1.82 bits per heavy atom. The van der Waals surface area contributed by atoms with Gasteiger partial charge >= 0.3 is 6.03 Å². The van der Waals surface area contributed by atoms with Crippen molar-refractivity contribution in [2.24, 2.45) is 11.7 Å². The molecule has 0 bridgehead atoms. The largest absolute Gasteiger partial charge is 0.493 e. The second-order valence-electron chi connectivity index (χ2n) is 10.00. The predicted octanol–water partition coefficient (Wildman–Crippen LogP) is 3.24. The van der Waals surface area contributed by atoms with Crippen LogP contribution in [0.15, 0.2) is 55.0 Å². The van der Waals surface area contributed by atoms with Crippen LogP contribution >= 0.6 is 0 Å². The first-order valence-electron chi connectivity index (χ1n) is 13.1. The number of urea groups is 1. The van der Waals surface area contributed by atoms with E-state index in [4.69, 9.17) is 10.5 Å². The van der Waals surface area contributed by atoms with Crippen LogP contribution in [0.3, 0.4) is 0 Å². The molecular weight excluding hydrogens is 482 g/mol. The van der Waals surface area contributed by atoms with Gasteiger partial charge in [-0.2, -0.15) is 0 Å². The van der Waals surface area contributed by atoms with Gasteiger partial charge in [-0.1, -0.05) is 0 Å². The van der Waals surface area contributed by atoms with Crippen LogP contribution in [0.4, 0.5) is 10.5 Å². The lowest BCUT2D eigenvalue weighted by atomic mass is 9.99. The molecule has 1 atom stereocenters. The van der Waals surface area contributed by atoms with Crippen LogP contribution in [0.1, 0.15) is 23.2 Å². The Kier molecular flexibility index (Phi) is 6.45. The number of H-pyrrole nitrogens is 1. The zero-order valence-corrected chi connectivity index (χ0v) is 21.2. The molecule has 0 aliphatic carbocycles. The van der Waals surface area contributed by atoms with Gasteiger partial charge in [0.05, 0.1) is 18.3 Å². The van der Waals surface area contributed by atoms with Crippen molar-refractivity contribution in [1.29, 1.82) is 0 Å². The molecule has 2 aliphatic rings. The number of likely N-dealkylation sites (tertiary alicyclic amines) is 1. The standard InChI is InChI=1S/C28H31N7O3/c29-26(36)20-3-5-21(6-4-20)38-18-19-2-1-11-35(17-19)28(37)34-14-12-33(13-15-34)24-8-10-30-23-16-32-27-22(25(23)24)7-9-31-27/h3-10,16,19H,1-2,11-15,17-18H2,(H2,29,36)(H,31,32). The SMILES string of the molecule is NC(=O)c1ccc(OCC2CCCN(C(=O)N3CCN(c4ccnc5cnc6[nH]ccc6c45)CC3)C2)cc1. The molecule has 4 aromatic rings. The molecule has 1 aromatic carbocycles. The average molecular weight is 514 g/mol. The fourth-order valence-electron chi connectivity index (χ4n) is 5.54. The van der Waals surface area contributed by atoms with E-state index in [1.54, 1.807) is 24.3 Å². The Labute approximate surface area is 220 Å². The topological polar surface area (TPSA) is 121 Å². The summed E-state index contributed by atoms with van der Waals surface area (Å²) in [5.74, 6) is 0.513. The first kappa shape index (κ1) is 24.0. The zero-order chi connectivity index (χ0) is 26.1. The number of rotatable bonds is 5. The summed E-state index contributed by atoms with van der Waals surface area (Å²) >= 11 is 0. The normalized spacial score (nSPS) is 18.2. The maximum atomic E-state index is 13.4. The summed E-state index contributed by atoms with van der Waals surface area (Å²) in [4.78, 5) is 43.1. The second kappa shape index (κ2) is 10.2. The van der Waals surface area contributed by atoms with Crippen molar-refractivity contribution in [1.82, 2.24) is 24.8 Å². The number of hydrogen-bond acceptors (Lipinski definition) is 6. The third-order valence-electron chi connectivity index (χ3n) is 7.57. The number of nitrogens with two attached hydrogens (primary N) is 1. The highest BCUT2D eigenvalue weighted by molar-refractivity contribution is 6.10. The number of ether oxygens (including phenoxy) is 1. The first-order chi connectivity index (χ1) is 18.6. The van der Waals surface area contributed by atoms with E-state index in [9.17, 15) is 9.59 Å². The van der Waals surface area contributed by atoms with Crippen molar-refractivity contribution < 1.29 is 14.3 Å². The van der Waals surface area contributed by atoms with E-state index in [2.05, 4.69) is 25.9 Å². The van der Waals surface area contributed by atoms with Gasteiger partial charge in [-0.05, 0) is 49.2 Å². The number of benzene rings is 1. The lowest BCUT2D eigenvalue weighted by Gasteiger charge is -2.41. The van der Waals surface area contributed by atoms with Crippen LogP contribution < -0.4 is 15.4 Å². The lowest BCUT2D eigenvalue weighted by molar-refractivity contribution is 0.1000. The molecule has 3 amide bonds. The minimum atomic E-state index is -0.455. The maximum absolute atomic E-state index is 13.4. The van der Waals surface area contributed by atoms with E-state index in [1.807, 2.05) is 34.5 Å². The number of amides is 3. The van der Waals surface area contributed by atoms with Gasteiger partial charge in [-0.15, -0.1) is 0 Å². The van der Waals surface area contributed by atoms with Gasteiger partial charge in [0.1, 0.15) is 11.4 Å². The third-order valence-corrected chi connectivity index (χ3v) is 7.57. The van der Waals surface area contributed by atoms with Gasteiger partial charge in [0, 0.05) is 79.6 Å². The number of fused-ring (bicyclic) bond motifs is 3. The Hall–Kier alpha value is -4.34. The number of piperidine rings is 1. The molecule has 3 N–H and O–H groups in total. The smallest absolute Gasteiger partial charge is 0.320 e. The van der Waals surface area contributed by atoms with Crippen molar-refractivity contribution in [3.63, 3.8) is 0 Å². The Morgan fingerprint density at radius 3 is 2.61 bits per heavy atom. The molecule has 38 heavy (non-hydrogen) atoms. The molecule has 5 heterocycles. The van der Waals surface area contributed by atoms with Crippen molar-refractivity contribution >= 4 is 39.6 Å². The number of nitrogens with zero attached hydrogens (tertiary/aromatic N) is 5. The molecule has 10 heteroatoms. The van der Waals surface area contributed by atoms with E-state index in [1.165, 1.54) is 0 Å². The molecule has 2 fully saturated rings. The molecule has 6 rings (SSSR count). The highest BCUT2D eigenvalue weighted by atomic mass is 16.5. The van der Waals surface area contributed by atoms with Crippen LogP contribution in [-0.2, 0) is 0 Å². The van der Waals surface area contributed by atoms with E-state index >= 15 is 0 Å². The summed E-state index contributed by atoms with van der Waals surface area (Å²) in [5, 5.41) is 2.16. The maximum Gasteiger partial charge on any atom is 0.320 e. The number of carbonyl (C=O) groups is 2. The summed E-state index contributed by atoms with van der Waals surface area (Å²) in [5.41, 5.74) is 8.62. The van der Waals surface area contributed by atoms with Crippen molar-refractivity contribution in [3.05, 3.63) is 60.6 Å². The Balaban J connectivity index is 1.06. The molecule has 10 nitrogen and oxygen atoms in total. The van der Waals surface area contributed by atoms with Crippen LogP contribution in [-0.4, -0.2) is 82.6 Å². The zero-order valence-electron chi connectivity index (χ0n) is 21.2. The van der Waals surface area contributed by atoms with E-state index in [0.29, 0.717) is 37.6 Å². The van der Waals surface area contributed by atoms with Crippen LogP contribution in [0.2, 0.25) is 0 Å². The molecular formula is C28H31N7O3. The fourth-order valence-corrected chi connectivity index (χ4v) is 5.54. The quantitative estimate of drug-likeness (QED) is 0.423. The molecule has 0 radical (unpaired) electrons. The Morgan fingerprint density at radius 1 is 1.00 bits per heavy atom. The molecule has 196 valence electrons. The Bertz CT molecular complexity index is 1460. The number of primary amides is 1. The molecule has 2 aliphatic heterocycles.